The maximum absolute atomic E-state index is 12.4. The van der Waals surface area contributed by atoms with E-state index < -0.39 is 11.9 Å². The van der Waals surface area contributed by atoms with Crippen LogP contribution in [0.15, 0.2) is 66.7 Å². The van der Waals surface area contributed by atoms with Crippen molar-refractivity contribution in [1.29, 1.82) is 0 Å². The molecule has 148 valence electrons. The number of hydrogen-bond donors (Lipinski definition) is 0. The van der Waals surface area contributed by atoms with Gasteiger partial charge in [-0.15, -0.1) is 0 Å². The molecule has 0 aromatic heterocycles. The quantitative estimate of drug-likeness (QED) is 0.456. The summed E-state index contributed by atoms with van der Waals surface area (Å²) < 4.78 is 21.1. The van der Waals surface area contributed by atoms with Crippen LogP contribution in [0.3, 0.4) is 0 Å². The monoisotopic (exact) mass is 392 g/mol. The van der Waals surface area contributed by atoms with Gasteiger partial charge in [-0.1, -0.05) is 6.07 Å². The first-order valence-corrected chi connectivity index (χ1v) is 8.84. The highest BCUT2D eigenvalue weighted by Crippen LogP contribution is 2.29. The topological polar surface area (TPSA) is 71.1 Å². The number of carbonyl (C=O) groups is 2. The van der Waals surface area contributed by atoms with Crippen molar-refractivity contribution in [2.45, 2.75) is 6.92 Å². The number of ether oxygens (including phenoxy) is 4. The predicted molar refractivity (Wildman–Crippen MR) is 107 cm³/mol. The summed E-state index contributed by atoms with van der Waals surface area (Å²) in [5.41, 5.74) is 1.30. The van der Waals surface area contributed by atoms with Gasteiger partial charge in [0, 0.05) is 5.56 Å². The summed E-state index contributed by atoms with van der Waals surface area (Å²) in [5, 5.41) is 0. The van der Waals surface area contributed by atoms with Crippen molar-refractivity contribution >= 4 is 11.9 Å². The van der Waals surface area contributed by atoms with Crippen molar-refractivity contribution in [3.8, 4) is 23.0 Å². The number of benzene rings is 3. The van der Waals surface area contributed by atoms with Crippen LogP contribution >= 0.6 is 0 Å². The molecule has 6 nitrogen and oxygen atoms in total. The van der Waals surface area contributed by atoms with Crippen molar-refractivity contribution < 1.29 is 28.5 Å². The second kappa shape index (κ2) is 8.93. The first-order chi connectivity index (χ1) is 14.0. The average molecular weight is 392 g/mol. The zero-order valence-electron chi connectivity index (χ0n) is 16.3. The second-order valence-electron chi connectivity index (χ2n) is 6.12. The number of esters is 2. The first kappa shape index (κ1) is 19.9. The molecule has 0 aliphatic rings. The van der Waals surface area contributed by atoms with E-state index in [2.05, 4.69) is 0 Å². The second-order valence-corrected chi connectivity index (χ2v) is 6.12. The SMILES string of the molecule is COc1ccc(C(=O)Oc2cccc(OC(=O)c3ccc(OC)cc3)c2C)cc1. The molecule has 0 amide bonds. The van der Waals surface area contributed by atoms with E-state index >= 15 is 0 Å². The lowest BCUT2D eigenvalue weighted by Gasteiger charge is -2.12. The summed E-state index contributed by atoms with van der Waals surface area (Å²) in [7, 11) is 3.10. The molecule has 3 aromatic rings. The molecule has 29 heavy (non-hydrogen) atoms. The van der Waals surface area contributed by atoms with E-state index in [1.807, 2.05) is 0 Å². The molecule has 0 N–H and O–H groups in total. The van der Waals surface area contributed by atoms with Crippen LogP contribution in [0.5, 0.6) is 23.0 Å². The van der Waals surface area contributed by atoms with Gasteiger partial charge in [-0.05, 0) is 67.6 Å². The number of methoxy groups -OCH3 is 2. The maximum atomic E-state index is 12.4. The normalized spacial score (nSPS) is 10.2. The summed E-state index contributed by atoms with van der Waals surface area (Å²) in [5.74, 6) is 0.871. The van der Waals surface area contributed by atoms with E-state index in [9.17, 15) is 9.59 Å². The molecule has 0 aliphatic heterocycles. The molecule has 0 saturated heterocycles. The summed E-state index contributed by atoms with van der Waals surface area (Å²) in [6.45, 7) is 1.72. The Morgan fingerprint density at radius 3 is 1.34 bits per heavy atom. The summed E-state index contributed by atoms with van der Waals surface area (Å²) in [4.78, 5) is 24.8. The Morgan fingerprint density at radius 1 is 0.621 bits per heavy atom. The highest BCUT2D eigenvalue weighted by Gasteiger charge is 2.16. The lowest BCUT2D eigenvalue weighted by molar-refractivity contribution is 0.0730. The summed E-state index contributed by atoms with van der Waals surface area (Å²) >= 11 is 0. The van der Waals surface area contributed by atoms with Gasteiger partial charge in [-0.3, -0.25) is 0 Å². The van der Waals surface area contributed by atoms with Crippen LogP contribution in [0.4, 0.5) is 0 Å². The van der Waals surface area contributed by atoms with E-state index in [4.69, 9.17) is 18.9 Å². The Labute approximate surface area is 168 Å². The fourth-order valence-corrected chi connectivity index (χ4v) is 2.59. The van der Waals surface area contributed by atoms with Crippen molar-refractivity contribution in [3.63, 3.8) is 0 Å². The molecule has 0 fully saturated rings. The summed E-state index contributed by atoms with van der Waals surface area (Å²) in [6.07, 6.45) is 0. The molecular weight excluding hydrogens is 372 g/mol. The Balaban J connectivity index is 1.74. The van der Waals surface area contributed by atoms with Crippen LogP contribution in [0.2, 0.25) is 0 Å². The van der Waals surface area contributed by atoms with Crippen molar-refractivity contribution in [2.24, 2.45) is 0 Å². The molecule has 6 heteroatoms. The predicted octanol–water partition coefficient (Wildman–Crippen LogP) is 4.45. The van der Waals surface area contributed by atoms with Crippen LogP contribution in [-0.2, 0) is 0 Å². The largest absolute Gasteiger partial charge is 0.497 e. The molecule has 0 aliphatic carbocycles. The fraction of sp³-hybridized carbons (Fsp3) is 0.130. The van der Waals surface area contributed by atoms with Gasteiger partial charge in [0.25, 0.3) is 0 Å². The van der Waals surface area contributed by atoms with Crippen LogP contribution in [0.1, 0.15) is 26.3 Å². The maximum Gasteiger partial charge on any atom is 0.343 e. The van der Waals surface area contributed by atoms with Gasteiger partial charge in [0.1, 0.15) is 23.0 Å². The molecule has 0 atom stereocenters. The van der Waals surface area contributed by atoms with Gasteiger partial charge in [0.2, 0.25) is 0 Å². The third kappa shape index (κ3) is 4.73. The van der Waals surface area contributed by atoms with Gasteiger partial charge in [-0.25, -0.2) is 9.59 Å². The molecule has 0 radical (unpaired) electrons. The van der Waals surface area contributed by atoms with E-state index in [0.29, 0.717) is 39.7 Å². The highest BCUT2D eigenvalue weighted by atomic mass is 16.5. The average Bonchev–Trinajstić information content (AvgIpc) is 2.76. The minimum atomic E-state index is -0.519. The van der Waals surface area contributed by atoms with Crippen molar-refractivity contribution in [2.75, 3.05) is 14.2 Å². The molecule has 3 rings (SSSR count). The lowest BCUT2D eigenvalue weighted by atomic mass is 10.2. The van der Waals surface area contributed by atoms with Crippen molar-refractivity contribution in [1.82, 2.24) is 0 Å². The lowest BCUT2D eigenvalue weighted by Crippen LogP contribution is -2.12. The molecule has 0 bridgehead atoms. The van der Waals surface area contributed by atoms with E-state index in [1.54, 1.807) is 87.9 Å². The molecule has 0 unspecified atom stereocenters. The van der Waals surface area contributed by atoms with Crippen LogP contribution in [0.25, 0.3) is 0 Å². The van der Waals surface area contributed by atoms with Gasteiger partial charge in [-0.2, -0.15) is 0 Å². The Hall–Kier alpha value is -3.80. The minimum Gasteiger partial charge on any atom is -0.497 e. The van der Waals surface area contributed by atoms with Gasteiger partial charge < -0.3 is 18.9 Å². The van der Waals surface area contributed by atoms with Gasteiger partial charge >= 0.3 is 11.9 Å². The van der Waals surface area contributed by atoms with E-state index in [0.717, 1.165) is 0 Å². The van der Waals surface area contributed by atoms with Crippen LogP contribution in [-0.4, -0.2) is 26.2 Å². The number of carbonyl (C=O) groups excluding carboxylic acids is 2. The van der Waals surface area contributed by atoms with E-state index in [-0.39, 0.29) is 0 Å². The van der Waals surface area contributed by atoms with Crippen molar-refractivity contribution in [3.05, 3.63) is 83.4 Å². The number of rotatable bonds is 6. The molecule has 0 spiro atoms. The van der Waals surface area contributed by atoms with Crippen LogP contribution < -0.4 is 18.9 Å². The van der Waals surface area contributed by atoms with E-state index in [1.165, 1.54) is 0 Å². The minimum absolute atomic E-state index is 0.311. The number of hydrogen-bond acceptors (Lipinski definition) is 6. The zero-order chi connectivity index (χ0) is 20.8. The Morgan fingerprint density at radius 2 is 1.00 bits per heavy atom. The van der Waals surface area contributed by atoms with Crippen LogP contribution in [0, 0.1) is 6.92 Å². The zero-order valence-corrected chi connectivity index (χ0v) is 16.3. The molecule has 0 saturated carbocycles. The fourth-order valence-electron chi connectivity index (χ4n) is 2.59. The Bertz CT molecular complexity index is 927. The third-order valence-corrected chi connectivity index (χ3v) is 4.29. The molecule has 3 aromatic carbocycles. The van der Waals surface area contributed by atoms with Gasteiger partial charge in [0.15, 0.2) is 0 Å². The third-order valence-electron chi connectivity index (χ3n) is 4.29. The Kier molecular flexibility index (Phi) is 6.14. The highest BCUT2D eigenvalue weighted by molar-refractivity contribution is 5.92. The first-order valence-electron chi connectivity index (χ1n) is 8.84. The van der Waals surface area contributed by atoms with Gasteiger partial charge in [0.05, 0.1) is 25.3 Å². The molecule has 0 heterocycles. The smallest absolute Gasteiger partial charge is 0.343 e. The standard InChI is InChI=1S/C23H20O6/c1-15-20(28-22(24)16-7-11-18(26-2)12-8-16)5-4-6-21(15)29-23(25)17-9-13-19(27-3)14-10-17/h4-14H,1-3H3. The summed E-state index contributed by atoms with van der Waals surface area (Å²) in [6, 6.07) is 18.1. The molecular formula is C23H20O6.